The molecule has 1 unspecified atom stereocenters. The third-order valence-corrected chi connectivity index (χ3v) is 9.11. The highest BCUT2D eigenvalue weighted by molar-refractivity contribution is 5.81. The average Bonchev–Trinajstić information content (AvgIpc) is 3.30. The van der Waals surface area contributed by atoms with Crippen LogP contribution < -0.4 is 4.90 Å². The van der Waals surface area contributed by atoms with Crippen LogP contribution in [0, 0.1) is 17.6 Å². The predicted octanol–water partition coefficient (Wildman–Crippen LogP) is 7.12. The number of imidazole rings is 1. The second-order valence-corrected chi connectivity index (χ2v) is 11.5. The number of anilines is 1. The molecule has 0 amide bonds. The molecule has 7 heteroatoms. The summed E-state index contributed by atoms with van der Waals surface area (Å²) < 4.78 is 31.3. The first-order chi connectivity index (χ1) is 19.9. The summed E-state index contributed by atoms with van der Waals surface area (Å²) >= 11 is 0. The van der Waals surface area contributed by atoms with Crippen LogP contribution in [0.1, 0.15) is 61.3 Å². The molecule has 1 saturated heterocycles. The second-order valence-electron chi connectivity index (χ2n) is 11.5. The van der Waals surface area contributed by atoms with Crippen molar-refractivity contribution < 1.29 is 8.78 Å². The van der Waals surface area contributed by atoms with Crippen molar-refractivity contribution in [1.29, 1.82) is 0 Å². The monoisotopic (exact) mass is 555 g/mol. The van der Waals surface area contributed by atoms with Crippen molar-refractivity contribution in [2.24, 2.45) is 13.0 Å². The number of benzene rings is 2. The Labute approximate surface area is 241 Å². The molecule has 1 aliphatic carbocycles. The van der Waals surface area contributed by atoms with E-state index in [-0.39, 0.29) is 17.7 Å². The van der Waals surface area contributed by atoms with Crippen molar-refractivity contribution >= 4 is 22.4 Å². The number of hydrogen-bond acceptors (Lipinski definition) is 4. The number of aromatic nitrogens is 3. The Hall–Kier alpha value is -3.58. The first-order valence-electron chi connectivity index (χ1n) is 14.9. The van der Waals surface area contributed by atoms with Gasteiger partial charge in [-0.1, -0.05) is 44.2 Å². The molecule has 2 aliphatic rings. The second kappa shape index (κ2) is 11.7. The Morgan fingerprint density at radius 2 is 1.73 bits per heavy atom. The smallest absolute Gasteiger partial charge is 0.165 e. The number of halogens is 2. The van der Waals surface area contributed by atoms with Crippen molar-refractivity contribution in [3.8, 4) is 0 Å². The van der Waals surface area contributed by atoms with Gasteiger partial charge < -0.3 is 9.47 Å². The first-order valence-corrected chi connectivity index (χ1v) is 14.9. The van der Waals surface area contributed by atoms with Gasteiger partial charge in [-0.05, 0) is 85.1 Å². The molecule has 3 heterocycles. The molecule has 0 radical (unpaired) electrons. The molecule has 1 saturated carbocycles. The van der Waals surface area contributed by atoms with Crippen molar-refractivity contribution in [2.75, 3.05) is 31.1 Å². The molecular formula is C34H39F2N5. The van der Waals surface area contributed by atoms with E-state index in [9.17, 15) is 8.78 Å². The van der Waals surface area contributed by atoms with Gasteiger partial charge in [0.2, 0.25) is 0 Å². The maximum Gasteiger partial charge on any atom is 0.165 e. The Morgan fingerprint density at radius 3 is 2.44 bits per heavy atom. The van der Waals surface area contributed by atoms with Gasteiger partial charge in [-0.2, -0.15) is 0 Å². The SMILES string of the molecule is C=C(CC)c1ccc2nc(C(C3CCC3)N3CCN(c4nc(CCc5ccccc5F)ccc4F)CC3)n(C)c2c1. The standard InChI is InChI=1S/C34H39F2N5/c1-4-23(2)26-13-17-30-31(22-26)39(3)34(38-30)32(25-9-7-10-25)40-18-20-41(21-19-40)33-29(36)16-15-27(37-33)14-12-24-8-5-6-11-28(24)35/h5-6,8,11,13,15-17,22,25,32H,2,4,7,9-10,12,14,18-21H2,1,3H3. The fourth-order valence-corrected chi connectivity index (χ4v) is 6.33. The van der Waals surface area contributed by atoms with Crippen LogP contribution in [0.25, 0.3) is 16.6 Å². The number of piperazine rings is 1. The molecule has 0 bridgehead atoms. The number of rotatable bonds is 9. The number of fused-ring (bicyclic) bond motifs is 1. The normalized spacial score (nSPS) is 17.1. The van der Waals surface area contributed by atoms with Gasteiger partial charge in [0, 0.05) is 38.9 Å². The molecule has 6 rings (SSSR count). The highest BCUT2D eigenvalue weighted by atomic mass is 19.1. The minimum Gasteiger partial charge on any atom is -0.352 e. The quantitative estimate of drug-likeness (QED) is 0.220. The molecule has 41 heavy (non-hydrogen) atoms. The fourth-order valence-electron chi connectivity index (χ4n) is 6.33. The highest BCUT2D eigenvalue weighted by Gasteiger charge is 2.37. The zero-order valence-electron chi connectivity index (χ0n) is 24.1. The molecule has 2 aromatic carbocycles. The van der Waals surface area contributed by atoms with Gasteiger partial charge in [-0.25, -0.2) is 18.7 Å². The Balaban J connectivity index is 1.19. The minimum atomic E-state index is -0.302. The van der Waals surface area contributed by atoms with E-state index in [1.54, 1.807) is 18.2 Å². The summed E-state index contributed by atoms with van der Waals surface area (Å²) in [6.07, 6.45) is 5.72. The number of aryl methyl sites for hydroxylation is 3. The van der Waals surface area contributed by atoms with Crippen molar-refractivity contribution in [3.63, 3.8) is 0 Å². The summed E-state index contributed by atoms with van der Waals surface area (Å²) in [7, 11) is 2.14. The zero-order valence-corrected chi connectivity index (χ0v) is 24.1. The van der Waals surface area contributed by atoms with E-state index in [0.717, 1.165) is 47.6 Å². The topological polar surface area (TPSA) is 37.2 Å². The van der Waals surface area contributed by atoms with E-state index in [1.165, 1.54) is 37.0 Å². The predicted molar refractivity (Wildman–Crippen MR) is 162 cm³/mol. The lowest BCUT2D eigenvalue weighted by Crippen LogP contribution is -2.50. The summed E-state index contributed by atoms with van der Waals surface area (Å²) in [6.45, 7) is 9.41. The molecule has 2 fully saturated rings. The van der Waals surface area contributed by atoms with Crippen molar-refractivity contribution in [3.05, 3.63) is 95.5 Å². The summed E-state index contributed by atoms with van der Waals surface area (Å²) in [5.41, 5.74) is 5.92. The molecule has 0 N–H and O–H groups in total. The van der Waals surface area contributed by atoms with Crippen LogP contribution in [0.2, 0.25) is 0 Å². The minimum absolute atomic E-state index is 0.209. The Bertz CT molecular complexity index is 1550. The maximum atomic E-state index is 15.0. The summed E-state index contributed by atoms with van der Waals surface area (Å²) in [6, 6.07) is 16.7. The lowest BCUT2D eigenvalue weighted by molar-refractivity contribution is 0.0815. The third kappa shape index (κ3) is 5.52. The van der Waals surface area contributed by atoms with E-state index < -0.39 is 0 Å². The van der Waals surface area contributed by atoms with Crippen LogP contribution in [0.4, 0.5) is 14.6 Å². The molecule has 1 aliphatic heterocycles. The molecule has 0 spiro atoms. The van der Waals surface area contributed by atoms with Gasteiger partial charge in [0.25, 0.3) is 0 Å². The van der Waals surface area contributed by atoms with E-state index in [0.29, 0.717) is 43.2 Å². The molecular weight excluding hydrogens is 516 g/mol. The van der Waals surface area contributed by atoms with Crippen LogP contribution in [0.5, 0.6) is 0 Å². The molecule has 214 valence electrons. The van der Waals surface area contributed by atoms with Crippen LogP contribution in [-0.4, -0.2) is 45.6 Å². The van der Waals surface area contributed by atoms with E-state index in [4.69, 9.17) is 4.98 Å². The maximum absolute atomic E-state index is 15.0. The van der Waals surface area contributed by atoms with Crippen LogP contribution in [0.15, 0.2) is 61.2 Å². The molecule has 2 aromatic heterocycles. The van der Waals surface area contributed by atoms with E-state index >= 15 is 0 Å². The Kier molecular flexibility index (Phi) is 7.89. The zero-order chi connectivity index (χ0) is 28.5. The number of nitrogens with zero attached hydrogens (tertiary/aromatic N) is 5. The lowest BCUT2D eigenvalue weighted by atomic mass is 9.78. The van der Waals surface area contributed by atoms with Gasteiger partial charge >= 0.3 is 0 Å². The largest absolute Gasteiger partial charge is 0.352 e. The van der Waals surface area contributed by atoms with Crippen LogP contribution in [-0.2, 0) is 19.9 Å². The molecule has 1 atom stereocenters. The fraction of sp³-hybridized carbons (Fsp3) is 0.412. The van der Waals surface area contributed by atoms with E-state index in [1.807, 2.05) is 6.07 Å². The molecule has 4 aromatic rings. The van der Waals surface area contributed by atoms with E-state index in [2.05, 4.69) is 58.1 Å². The van der Waals surface area contributed by atoms with Gasteiger partial charge in [0.05, 0.1) is 17.1 Å². The summed E-state index contributed by atoms with van der Waals surface area (Å²) in [5, 5.41) is 0. The number of allylic oxidation sites excluding steroid dienone is 1. The highest BCUT2D eigenvalue weighted by Crippen LogP contribution is 2.42. The van der Waals surface area contributed by atoms with Gasteiger partial charge in [0.15, 0.2) is 11.6 Å². The summed E-state index contributed by atoms with van der Waals surface area (Å²) in [5.74, 6) is 1.60. The first kappa shape index (κ1) is 27.6. The summed E-state index contributed by atoms with van der Waals surface area (Å²) in [4.78, 5) is 14.5. The number of hydrogen-bond donors (Lipinski definition) is 0. The van der Waals surface area contributed by atoms with Crippen molar-refractivity contribution in [1.82, 2.24) is 19.4 Å². The molecule has 5 nitrogen and oxygen atoms in total. The lowest BCUT2D eigenvalue weighted by Gasteiger charge is -2.44. The van der Waals surface area contributed by atoms with Gasteiger partial charge in [-0.15, -0.1) is 0 Å². The van der Waals surface area contributed by atoms with Gasteiger partial charge in [-0.3, -0.25) is 4.90 Å². The van der Waals surface area contributed by atoms with Crippen LogP contribution >= 0.6 is 0 Å². The Morgan fingerprint density at radius 1 is 0.951 bits per heavy atom. The van der Waals surface area contributed by atoms with Crippen molar-refractivity contribution in [2.45, 2.75) is 51.5 Å². The third-order valence-electron chi connectivity index (χ3n) is 9.11. The van der Waals surface area contributed by atoms with Gasteiger partial charge in [0.1, 0.15) is 11.6 Å². The van der Waals surface area contributed by atoms with Crippen LogP contribution in [0.3, 0.4) is 0 Å². The number of pyridine rings is 1. The average molecular weight is 556 g/mol.